The predicted octanol–water partition coefficient (Wildman–Crippen LogP) is 9.08. The smallest absolute Gasteiger partial charge is 0.423 e. The minimum Gasteiger partial charge on any atom is -0.423 e. The number of hydrogen-bond acceptors (Lipinski definition) is 18. The van der Waals surface area contributed by atoms with Crippen molar-refractivity contribution in [3.63, 3.8) is 0 Å². The molecule has 4 aliphatic rings. The van der Waals surface area contributed by atoms with Crippen molar-refractivity contribution in [2.45, 2.75) is 64.5 Å². The summed E-state index contributed by atoms with van der Waals surface area (Å²) >= 11 is 2.10. The van der Waals surface area contributed by atoms with Crippen molar-refractivity contribution in [2.75, 3.05) is 59.4 Å². The number of likely N-dealkylation sites (tertiary alicyclic amines) is 3. The van der Waals surface area contributed by atoms with E-state index in [9.17, 15) is 36.7 Å². The lowest BCUT2D eigenvalue weighted by Gasteiger charge is -2.16. The molecule has 33 heteroatoms. The van der Waals surface area contributed by atoms with Crippen LogP contribution in [-0.2, 0) is 13.1 Å². The Kier molecular flexibility index (Phi) is 24.7. The number of nitrogens with one attached hydrogen (secondary N) is 5. The summed E-state index contributed by atoms with van der Waals surface area (Å²) in [6.45, 7) is 17.7. The largest absolute Gasteiger partial charge is 0.488 e. The second-order valence-corrected chi connectivity index (χ2v) is 29.8. The van der Waals surface area contributed by atoms with E-state index in [0.29, 0.717) is 101 Å². The summed E-state index contributed by atoms with van der Waals surface area (Å²) in [6, 6.07) is 43.9. The molecule has 112 heavy (non-hydrogen) atoms. The van der Waals surface area contributed by atoms with Crippen LogP contribution in [-0.4, -0.2) is 170 Å². The summed E-state index contributed by atoms with van der Waals surface area (Å²) in [7, 11) is 0.550. The van der Waals surface area contributed by atoms with Gasteiger partial charge in [0.05, 0.1) is 24.8 Å². The van der Waals surface area contributed by atoms with Crippen LogP contribution in [0.2, 0.25) is 0 Å². The van der Waals surface area contributed by atoms with Crippen molar-refractivity contribution in [2.24, 2.45) is 23.7 Å². The first kappa shape index (κ1) is 79.4. The van der Waals surface area contributed by atoms with Gasteiger partial charge in [0.2, 0.25) is 0 Å². The topological polar surface area (TPSA) is 314 Å². The van der Waals surface area contributed by atoms with Gasteiger partial charge in [-0.1, -0.05) is 100 Å². The van der Waals surface area contributed by atoms with Crippen molar-refractivity contribution < 1.29 is 27.6 Å². The molecule has 18 rings (SSSR count). The second kappa shape index (κ2) is 34.9. The maximum absolute atomic E-state index is 13.3. The summed E-state index contributed by atoms with van der Waals surface area (Å²) < 4.78 is 58.8. The number of halogens is 6. The van der Waals surface area contributed by atoms with E-state index in [-0.39, 0.29) is 81.6 Å². The quantitative estimate of drug-likeness (QED) is 0.0341. The molecule has 26 nitrogen and oxygen atoms in total. The molecule has 0 radical (unpaired) electrons. The Morgan fingerprint density at radius 1 is 0.411 bits per heavy atom. The Labute approximate surface area is 658 Å². The SMILES string of the molecule is CC1CN(C)CC1c1nn2c(-c3ccc(F)cc3)ncc2c(=O)[nH]1.CC1CN(Cc2ccccc2)CC1c1nn2c(-c3ccc(F)cc3)ncc2c(=O)[nH]1.CC1CN(Cc2ccccc2)CC1c1nn2c(I)ncc2c(=O)[nH]1.CC1CNCC1c1nn2c(-c3ccc(F)cc3)ncc2c(=O)[nH]1.Cl.OB(O)c1ccc(F)cc1. The molecule has 0 saturated carbocycles. The number of aromatic nitrogens is 16. The summed E-state index contributed by atoms with van der Waals surface area (Å²) in [4.78, 5) is 85.6. The standard InChI is InChI=1S/C23H22FN5O.C17H18FN5O.C17H18IN5O.C16H16FN5O.C6H6BFO2.ClH/c1-15-12-28(13-16-5-3-2-4-6-16)14-19(15)21-26-23(30)20-11-25-22(29(20)27-21)17-7-9-18(24)10-8-17;1-10-8-22(2)9-13(10)15-20-17(24)14-7-19-16(23(14)21-15)11-3-5-12(18)6-4-11;1-11-8-22(9-12-5-3-2-4-6-12)10-13(11)15-20-16(24)14-7-19-17(18)23(14)21-15;1-9-6-18-7-12(9)14-20-16(23)13-8-19-15(22(13)21-14)10-2-4-11(17)5-3-10;8-6-3-1-5(2-4-6)7(9)10;/h2-11,15,19H,12-14H2,1H3,(H,26,27,30);3-7,10,13H,8-9H2,1-2H3,(H,20,21,24);2-7,11,13H,8-10H2,1H3,(H,20,21,24);2-5,8-9,12,18H,6-7H2,1H3,(H,20,21,23);1-4,9-10H;1H. The van der Waals surface area contributed by atoms with Gasteiger partial charge < -0.3 is 40.2 Å². The van der Waals surface area contributed by atoms with Crippen LogP contribution in [0.25, 0.3) is 56.2 Å². The third-order valence-corrected chi connectivity index (χ3v) is 21.4. The van der Waals surface area contributed by atoms with E-state index in [2.05, 4.69) is 181 Å². The zero-order valence-corrected chi connectivity index (χ0v) is 64.6. The Morgan fingerprint density at radius 2 is 0.741 bits per heavy atom. The maximum atomic E-state index is 13.3. The number of nitrogens with zero attached hydrogens (tertiary/aromatic N) is 15. The molecule has 4 fully saturated rings. The zero-order chi connectivity index (χ0) is 77.7. The predicted molar refractivity (Wildman–Crippen MR) is 428 cm³/mol. The van der Waals surface area contributed by atoms with Crippen LogP contribution in [0.5, 0.6) is 0 Å². The average Bonchev–Trinajstić information content (AvgIpc) is 1.65. The van der Waals surface area contributed by atoms with Crippen LogP contribution in [0.1, 0.15) is 85.8 Å². The summed E-state index contributed by atoms with van der Waals surface area (Å²) in [5.74, 6) is 5.31. The van der Waals surface area contributed by atoms with Crippen molar-refractivity contribution in [3.05, 3.63) is 285 Å². The first-order valence-electron chi connectivity index (χ1n) is 36.4. The van der Waals surface area contributed by atoms with E-state index in [4.69, 9.17) is 15.1 Å². The van der Waals surface area contributed by atoms with E-state index in [1.807, 2.05) is 12.1 Å². The molecule has 8 aromatic heterocycles. The Morgan fingerprint density at radius 3 is 1.09 bits per heavy atom. The van der Waals surface area contributed by atoms with Gasteiger partial charge in [-0.15, -0.1) is 12.4 Å². The van der Waals surface area contributed by atoms with E-state index < -0.39 is 7.12 Å². The van der Waals surface area contributed by atoms with Crippen molar-refractivity contribution in [1.29, 1.82) is 0 Å². The fraction of sp³-hybridized carbons (Fsp3) is 0.291. The fourth-order valence-electron chi connectivity index (χ4n) is 14.8. The lowest BCUT2D eigenvalue weighted by molar-refractivity contribution is 0.318. The van der Waals surface area contributed by atoms with Gasteiger partial charge in [0.1, 0.15) is 46.6 Å². The van der Waals surface area contributed by atoms with Crippen LogP contribution >= 0.6 is 35.0 Å². The number of benzene rings is 6. The zero-order valence-electron chi connectivity index (χ0n) is 61.6. The lowest BCUT2D eigenvalue weighted by atomic mass is 9.80. The Hall–Kier alpha value is -10.7. The van der Waals surface area contributed by atoms with Crippen LogP contribution in [0, 0.1) is 50.8 Å². The summed E-state index contributed by atoms with van der Waals surface area (Å²) in [5.41, 5.74) is 5.92. The molecule has 4 aliphatic heterocycles. The minimum absolute atomic E-state index is 0. The molecule has 8 unspecified atom stereocenters. The number of hydrogen-bond donors (Lipinski definition) is 7. The van der Waals surface area contributed by atoms with Gasteiger partial charge in [-0.05, 0) is 139 Å². The molecule has 8 atom stereocenters. The van der Waals surface area contributed by atoms with Gasteiger partial charge in [0.25, 0.3) is 22.2 Å². The summed E-state index contributed by atoms with van der Waals surface area (Å²) in [5, 5.41) is 39.0. The number of H-pyrrole nitrogens is 4. The van der Waals surface area contributed by atoms with Crippen LogP contribution < -0.4 is 33.0 Å². The lowest BCUT2D eigenvalue weighted by Crippen LogP contribution is -2.29. The highest BCUT2D eigenvalue weighted by molar-refractivity contribution is 14.1. The number of rotatable bonds is 12. The van der Waals surface area contributed by atoms with Crippen LogP contribution in [0.15, 0.2) is 202 Å². The molecule has 14 aromatic rings. The molecule has 0 spiro atoms. The first-order chi connectivity index (χ1) is 53.5. The first-order valence-corrected chi connectivity index (χ1v) is 37.5. The molecule has 0 amide bonds. The van der Waals surface area contributed by atoms with E-state index in [0.717, 1.165) is 76.8 Å². The highest BCUT2D eigenvalue weighted by Crippen LogP contribution is 2.34. The minimum atomic E-state index is -1.51. The Bertz CT molecular complexity index is 5820. The molecular formula is C79H81BClF4IN20O6. The molecule has 6 aromatic carbocycles. The number of imidazole rings is 4. The Balaban J connectivity index is 0.000000126. The summed E-state index contributed by atoms with van der Waals surface area (Å²) in [6.07, 6.45) is 6.06. The van der Waals surface area contributed by atoms with Gasteiger partial charge in [-0.25, -0.2) is 55.6 Å². The second-order valence-electron chi connectivity index (χ2n) is 28.8. The van der Waals surface area contributed by atoms with Gasteiger partial charge in [-0.3, -0.25) is 29.0 Å². The van der Waals surface area contributed by atoms with E-state index in [1.54, 1.807) is 60.7 Å². The molecule has 7 N–H and O–H groups in total. The van der Waals surface area contributed by atoms with Crippen molar-refractivity contribution >= 4 is 69.6 Å². The fourth-order valence-corrected chi connectivity index (χ4v) is 15.4. The van der Waals surface area contributed by atoms with Gasteiger partial charge in [0.15, 0.2) is 43.4 Å². The third kappa shape index (κ3) is 17.9. The molecule has 0 bridgehead atoms. The normalized spacial score (nSPS) is 19.7. The van der Waals surface area contributed by atoms with Gasteiger partial charge in [0, 0.05) is 122 Å². The maximum Gasteiger partial charge on any atom is 0.488 e. The van der Waals surface area contributed by atoms with Gasteiger partial charge in [-0.2, -0.15) is 20.4 Å². The van der Waals surface area contributed by atoms with Crippen LogP contribution in [0.3, 0.4) is 0 Å². The highest BCUT2D eigenvalue weighted by Gasteiger charge is 2.36. The van der Waals surface area contributed by atoms with Crippen LogP contribution in [0.4, 0.5) is 17.6 Å². The number of aromatic amines is 4. The molecule has 12 heterocycles. The highest BCUT2D eigenvalue weighted by atomic mass is 127. The molecular weight excluding hydrogens is 1570 g/mol. The molecule has 4 saturated heterocycles. The molecule has 0 aliphatic carbocycles. The molecule has 578 valence electrons. The van der Waals surface area contributed by atoms with Crippen molar-refractivity contribution in [3.8, 4) is 34.2 Å². The number of fused-ring (bicyclic) bond motifs is 4. The number of likely N-dealkylation sites (N-methyl/N-ethyl adjacent to an activating group) is 1. The van der Waals surface area contributed by atoms with Crippen molar-refractivity contribution in [1.82, 2.24) is 98.3 Å². The monoisotopic (exact) mass is 1650 g/mol. The average molecular weight is 1660 g/mol. The third-order valence-electron chi connectivity index (χ3n) is 20.7. The van der Waals surface area contributed by atoms with E-state index in [1.165, 1.54) is 90.4 Å². The van der Waals surface area contributed by atoms with E-state index >= 15 is 0 Å². The van der Waals surface area contributed by atoms with Gasteiger partial charge >= 0.3 is 7.12 Å².